The van der Waals surface area contributed by atoms with Gasteiger partial charge in [0.15, 0.2) is 5.13 Å². The van der Waals surface area contributed by atoms with Crippen molar-refractivity contribution in [2.24, 2.45) is 0 Å². The molecule has 122 valence electrons. The first-order chi connectivity index (χ1) is 11.1. The molecule has 1 saturated heterocycles. The Morgan fingerprint density at radius 3 is 3.13 bits per heavy atom. The van der Waals surface area contributed by atoms with Crippen LogP contribution in [0.1, 0.15) is 23.9 Å². The number of nitrogens with zero attached hydrogens (tertiary/aromatic N) is 4. The van der Waals surface area contributed by atoms with Crippen molar-refractivity contribution in [1.29, 1.82) is 0 Å². The van der Waals surface area contributed by atoms with Crippen LogP contribution in [0.15, 0.2) is 18.6 Å². The Balaban J connectivity index is 1.51. The van der Waals surface area contributed by atoms with Gasteiger partial charge in [-0.1, -0.05) is 0 Å². The van der Waals surface area contributed by atoms with Crippen LogP contribution < -0.4 is 10.1 Å². The minimum atomic E-state index is -0.0966. The lowest BCUT2D eigenvalue weighted by Crippen LogP contribution is -2.24. The summed E-state index contributed by atoms with van der Waals surface area (Å²) in [6.07, 6.45) is 4.46. The first-order valence-corrected chi connectivity index (χ1v) is 8.30. The molecule has 1 aliphatic heterocycles. The third kappa shape index (κ3) is 4.46. The van der Waals surface area contributed by atoms with Crippen molar-refractivity contribution in [1.82, 2.24) is 19.9 Å². The van der Waals surface area contributed by atoms with Crippen molar-refractivity contribution < 1.29 is 9.53 Å². The zero-order chi connectivity index (χ0) is 16.2. The Morgan fingerprint density at radius 1 is 1.48 bits per heavy atom. The Bertz CT molecular complexity index is 690. The summed E-state index contributed by atoms with van der Waals surface area (Å²) >= 11 is 1.51. The molecule has 3 heterocycles. The van der Waals surface area contributed by atoms with E-state index in [1.807, 2.05) is 19.2 Å². The average molecular weight is 333 g/mol. The minimum absolute atomic E-state index is 0.0966. The Morgan fingerprint density at radius 2 is 2.35 bits per heavy atom. The van der Waals surface area contributed by atoms with Crippen molar-refractivity contribution in [2.45, 2.75) is 32.9 Å². The molecular formula is C15H19N5O2S. The van der Waals surface area contributed by atoms with Crippen LogP contribution in [0.2, 0.25) is 0 Å². The van der Waals surface area contributed by atoms with Crippen LogP contribution in [0.25, 0.3) is 0 Å². The molecule has 8 heteroatoms. The fourth-order valence-electron chi connectivity index (χ4n) is 2.51. The molecule has 0 spiro atoms. The second kappa shape index (κ2) is 7.01. The molecule has 1 atom stereocenters. The Hall–Kier alpha value is -2.06. The molecule has 0 saturated carbocycles. The second-order valence-electron chi connectivity index (χ2n) is 5.57. The van der Waals surface area contributed by atoms with E-state index in [4.69, 9.17) is 4.74 Å². The second-order valence-corrected chi connectivity index (χ2v) is 6.69. The zero-order valence-electron chi connectivity index (χ0n) is 13.2. The number of anilines is 1. The molecule has 0 bridgehead atoms. The largest absolute Gasteiger partial charge is 0.473 e. The fourth-order valence-corrected chi connectivity index (χ4v) is 3.41. The standard InChI is InChI=1S/C15H19N5O2S/c1-10-5-14(18-9-17-10)22-12-3-4-20(7-12)8-13-6-16-15(23-13)19-11(2)21/h5-6,9,12H,3-4,7-8H2,1-2H3,(H,16,19,21)/t12-/m0/s1. The highest BCUT2D eigenvalue weighted by Gasteiger charge is 2.25. The SMILES string of the molecule is CC(=O)Nc1ncc(CN2CC[C@H](Oc3cc(C)ncn3)C2)s1. The molecule has 0 aliphatic carbocycles. The van der Waals surface area contributed by atoms with Crippen molar-refractivity contribution in [3.8, 4) is 5.88 Å². The molecule has 2 aromatic rings. The van der Waals surface area contributed by atoms with Gasteiger partial charge >= 0.3 is 0 Å². The highest BCUT2D eigenvalue weighted by atomic mass is 32.1. The molecule has 0 aromatic carbocycles. The summed E-state index contributed by atoms with van der Waals surface area (Å²) in [6, 6.07) is 1.85. The highest BCUT2D eigenvalue weighted by molar-refractivity contribution is 7.15. The number of nitrogens with one attached hydrogen (secondary N) is 1. The van der Waals surface area contributed by atoms with Gasteiger partial charge in [-0.15, -0.1) is 11.3 Å². The van der Waals surface area contributed by atoms with Crippen LogP contribution in [0.3, 0.4) is 0 Å². The van der Waals surface area contributed by atoms with E-state index in [-0.39, 0.29) is 12.0 Å². The molecule has 23 heavy (non-hydrogen) atoms. The Kier molecular flexibility index (Phi) is 4.82. The minimum Gasteiger partial charge on any atom is -0.473 e. The van der Waals surface area contributed by atoms with Crippen LogP contribution in [0.4, 0.5) is 5.13 Å². The van der Waals surface area contributed by atoms with E-state index in [0.717, 1.165) is 36.6 Å². The van der Waals surface area contributed by atoms with Gasteiger partial charge < -0.3 is 10.1 Å². The van der Waals surface area contributed by atoms with Crippen LogP contribution >= 0.6 is 11.3 Å². The predicted molar refractivity (Wildman–Crippen MR) is 87.5 cm³/mol. The van der Waals surface area contributed by atoms with Gasteiger partial charge in [0, 0.05) is 49.4 Å². The Labute approximate surface area is 138 Å². The van der Waals surface area contributed by atoms with E-state index in [0.29, 0.717) is 11.0 Å². The first-order valence-electron chi connectivity index (χ1n) is 7.48. The number of amides is 1. The predicted octanol–water partition coefficient (Wildman–Crippen LogP) is 1.85. The van der Waals surface area contributed by atoms with Gasteiger partial charge in [0.05, 0.1) is 0 Å². The van der Waals surface area contributed by atoms with E-state index >= 15 is 0 Å². The average Bonchev–Trinajstić information content (AvgIpc) is 3.09. The van der Waals surface area contributed by atoms with Gasteiger partial charge in [0.25, 0.3) is 0 Å². The van der Waals surface area contributed by atoms with Crippen LogP contribution in [0, 0.1) is 6.92 Å². The number of hydrogen-bond donors (Lipinski definition) is 1. The smallest absolute Gasteiger partial charge is 0.223 e. The van der Waals surface area contributed by atoms with Crippen LogP contribution in [-0.4, -0.2) is 45.0 Å². The molecule has 0 radical (unpaired) electrons. The number of likely N-dealkylation sites (tertiary alicyclic amines) is 1. The summed E-state index contributed by atoms with van der Waals surface area (Å²) in [4.78, 5) is 26.9. The van der Waals surface area contributed by atoms with Gasteiger partial charge in [-0.25, -0.2) is 15.0 Å². The summed E-state index contributed by atoms with van der Waals surface area (Å²) in [5, 5.41) is 3.36. The number of thiazole rings is 1. The molecule has 0 unspecified atom stereocenters. The fraction of sp³-hybridized carbons (Fsp3) is 0.467. The monoisotopic (exact) mass is 333 g/mol. The number of aryl methyl sites for hydroxylation is 1. The van der Waals surface area contributed by atoms with Crippen LogP contribution in [-0.2, 0) is 11.3 Å². The van der Waals surface area contributed by atoms with Crippen molar-refractivity contribution >= 4 is 22.4 Å². The van der Waals surface area contributed by atoms with E-state index in [2.05, 4.69) is 25.2 Å². The molecule has 1 amide bonds. The summed E-state index contributed by atoms with van der Waals surface area (Å²) < 4.78 is 5.92. The topological polar surface area (TPSA) is 80.2 Å². The molecule has 1 fully saturated rings. The molecule has 1 aliphatic rings. The normalized spacial score (nSPS) is 18.1. The quantitative estimate of drug-likeness (QED) is 0.899. The number of ether oxygens (including phenoxy) is 1. The summed E-state index contributed by atoms with van der Waals surface area (Å²) in [6.45, 7) is 6.06. The summed E-state index contributed by atoms with van der Waals surface area (Å²) in [7, 11) is 0. The maximum Gasteiger partial charge on any atom is 0.223 e. The van der Waals surface area contributed by atoms with Gasteiger partial charge in [0.1, 0.15) is 12.4 Å². The lowest BCUT2D eigenvalue weighted by Gasteiger charge is -2.15. The number of hydrogen-bond acceptors (Lipinski definition) is 7. The van der Waals surface area contributed by atoms with E-state index in [1.165, 1.54) is 24.6 Å². The van der Waals surface area contributed by atoms with Crippen molar-refractivity contribution in [2.75, 3.05) is 18.4 Å². The van der Waals surface area contributed by atoms with Crippen molar-refractivity contribution in [3.05, 3.63) is 29.2 Å². The number of rotatable bonds is 5. The van der Waals surface area contributed by atoms with Gasteiger partial charge in [0.2, 0.25) is 11.8 Å². The van der Waals surface area contributed by atoms with Crippen LogP contribution in [0.5, 0.6) is 5.88 Å². The zero-order valence-corrected chi connectivity index (χ0v) is 14.0. The molecular weight excluding hydrogens is 314 g/mol. The van der Waals surface area contributed by atoms with E-state index < -0.39 is 0 Å². The third-order valence-corrected chi connectivity index (χ3v) is 4.41. The molecule has 2 aromatic heterocycles. The first kappa shape index (κ1) is 15.8. The van der Waals surface area contributed by atoms with Gasteiger partial charge in [-0.2, -0.15) is 0 Å². The number of carbonyl (C=O) groups excluding carboxylic acids is 1. The summed E-state index contributed by atoms with van der Waals surface area (Å²) in [5.41, 5.74) is 0.903. The third-order valence-electron chi connectivity index (χ3n) is 3.51. The lowest BCUT2D eigenvalue weighted by molar-refractivity contribution is -0.114. The number of carbonyl (C=O) groups is 1. The highest BCUT2D eigenvalue weighted by Crippen LogP contribution is 2.23. The maximum atomic E-state index is 11.0. The molecule has 3 rings (SSSR count). The maximum absolute atomic E-state index is 11.0. The van der Waals surface area contributed by atoms with Crippen molar-refractivity contribution in [3.63, 3.8) is 0 Å². The molecule has 7 nitrogen and oxygen atoms in total. The van der Waals surface area contributed by atoms with Gasteiger partial charge in [-0.05, 0) is 13.3 Å². The van der Waals surface area contributed by atoms with E-state index in [9.17, 15) is 4.79 Å². The van der Waals surface area contributed by atoms with E-state index in [1.54, 1.807) is 0 Å². The number of aromatic nitrogens is 3. The molecule has 1 N–H and O–H groups in total. The van der Waals surface area contributed by atoms with Gasteiger partial charge in [-0.3, -0.25) is 9.69 Å². The lowest BCUT2D eigenvalue weighted by atomic mass is 10.3. The summed E-state index contributed by atoms with van der Waals surface area (Å²) in [5.74, 6) is 0.538.